The van der Waals surface area contributed by atoms with Gasteiger partial charge in [-0.25, -0.2) is 4.79 Å². The Hall–Kier alpha value is -2.53. The van der Waals surface area contributed by atoms with E-state index in [-0.39, 0.29) is 22.4 Å². The van der Waals surface area contributed by atoms with Gasteiger partial charge < -0.3 is 14.6 Å². The number of halogens is 1. The van der Waals surface area contributed by atoms with Gasteiger partial charge in [0.15, 0.2) is 0 Å². The van der Waals surface area contributed by atoms with Gasteiger partial charge in [0.05, 0.1) is 30.9 Å². The summed E-state index contributed by atoms with van der Waals surface area (Å²) >= 11 is 5.90. The number of esters is 1. The molecule has 1 N–H and O–H groups in total. The molecule has 114 valence electrons. The molecule has 2 aromatic carbocycles. The molecule has 2 aromatic rings. The molecule has 0 aliphatic heterocycles. The summed E-state index contributed by atoms with van der Waals surface area (Å²) in [7, 11) is 2.65. The third-order valence-corrected chi connectivity index (χ3v) is 3.30. The molecule has 6 heteroatoms. The van der Waals surface area contributed by atoms with Gasteiger partial charge >= 0.3 is 5.97 Å². The second-order valence-electron chi connectivity index (χ2n) is 4.40. The van der Waals surface area contributed by atoms with Crippen LogP contribution >= 0.6 is 11.6 Å². The average molecular weight is 321 g/mol. The van der Waals surface area contributed by atoms with Gasteiger partial charge in [0, 0.05) is 5.02 Å². The SMILES string of the molecule is COC(=O)c1ccc(O)c(C(=O)c2cc(Cl)ccc2OC)c1. The Morgan fingerprint density at radius 3 is 2.41 bits per heavy atom. The molecule has 2 rings (SSSR count). The van der Waals surface area contributed by atoms with Crippen molar-refractivity contribution >= 4 is 23.4 Å². The van der Waals surface area contributed by atoms with Crippen LogP contribution in [0.3, 0.4) is 0 Å². The van der Waals surface area contributed by atoms with Crippen molar-refractivity contribution in [2.75, 3.05) is 14.2 Å². The average Bonchev–Trinajstić information content (AvgIpc) is 2.53. The zero-order valence-corrected chi connectivity index (χ0v) is 12.7. The number of methoxy groups -OCH3 is 2. The standard InChI is InChI=1S/C16H13ClO5/c1-21-14-6-4-10(17)8-12(14)15(19)11-7-9(16(20)22-2)3-5-13(11)18/h3-8,18H,1-2H3. The fourth-order valence-electron chi connectivity index (χ4n) is 1.97. The van der Waals surface area contributed by atoms with Crippen molar-refractivity contribution in [3.8, 4) is 11.5 Å². The van der Waals surface area contributed by atoms with Gasteiger partial charge in [-0.15, -0.1) is 0 Å². The van der Waals surface area contributed by atoms with Crippen LogP contribution in [-0.4, -0.2) is 31.1 Å². The van der Waals surface area contributed by atoms with Crippen LogP contribution < -0.4 is 4.74 Å². The first-order valence-corrected chi connectivity index (χ1v) is 6.65. The number of hydrogen-bond donors (Lipinski definition) is 1. The van der Waals surface area contributed by atoms with Gasteiger partial charge in [-0.1, -0.05) is 11.6 Å². The molecular weight excluding hydrogens is 308 g/mol. The van der Waals surface area contributed by atoms with Crippen molar-refractivity contribution in [3.63, 3.8) is 0 Å². The molecular formula is C16H13ClO5. The van der Waals surface area contributed by atoms with Crippen LogP contribution in [0, 0.1) is 0 Å². The first-order chi connectivity index (χ1) is 10.5. The molecule has 0 heterocycles. The van der Waals surface area contributed by atoms with Gasteiger partial charge in [0.25, 0.3) is 0 Å². The van der Waals surface area contributed by atoms with Gasteiger partial charge in [0.2, 0.25) is 5.78 Å². The zero-order chi connectivity index (χ0) is 16.3. The summed E-state index contributed by atoms with van der Waals surface area (Å²) in [6.45, 7) is 0. The quantitative estimate of drug-likeness (QED) is 0.692. The van der Waals surface area contributed by atoms with Crippen LogP contribution in [0.25, 0.3) is 0 Å². The lowest BCUT2D eigenvalue weighted by atomic mass is 9.99. The lowest BCUT2D eigenvalue weighted by Crippen LogP contribution is -2.07. The lowest BCUT2D eigenvalue weighted by Gasteiger charge is -2.10. The second kappa shape index (κ2) is 6.49. The molecule has 22 heavy (non-hydrogen) atoms. The summed E-state index contributed by atoms with van der Waals surface area (Å²) in [5, 5.41) is 10.3. The molecule has 0 aliphatic rings. The van der Waals surface area contributed by atoms with Gasteiger partial charge in [-0.05, 0) is 36.4 Å². The van der Waals surface area contributed by atoms with Gasteiger partial charge in [0.1, 0.15) is 11.5 Å². The van der Waals surface area contributed by atoms with Gasteiger partial charge in [-0.2, -0.15) is 0 Å². The summed E-state index contributed by atoms with van der Waals surface area (Å²) in [6, 6.07) is 8.47. The minimum atomic E-state index is -0.605. The maximum Gasteiger partial charge on any atom is 0.337 e. The molecule has 0 radical (unpaired) electrons. The summed E-state index contributed by atoms with van der Waals surface area (Å²) < 4.78 is 9.73. The Balaban J connectivity index is 2.54. The highest BCUT2D eigenvalue weighted by Crippen LogP contribution is 2.29. The van der Waals surface area contributed by atoms with E-state index in [1.165, 1.54) is 38.5 Å². The van der Waals surface area contributed by atoms with E-state index in [1.54, 1.807) is 12.1 Å². The molecule has 0 aliphatic carbocycles. The van der Waals surface area contributed by atoms with Gasteiger partial charge in [-0.3, -0.25) is 4.79 Å². The molecule has 0 unspecified atom stereocenters. The number of ether oxygens (including phenoxy) is 2. The van der Waals surface area contributed by atoms with E-state index in [0.29, 0.717) is 10.8 Å². The number of aromatic hydroxyl groups is 1. The Morgan fingerprint density at radius 2 is 1.77 bits per heavy atom. The molecule has 5 nitrogen and oxygen atoms in total. The lowest BCUT2D eigenvalue weighted by molar-refractivity contribution is 0.0600. The highest BCUT2D eigenvalue weighted by molar-refractivity contribution is 6.31. The van der Waals surface area contributed by atoms with E-state index in [1.807, 2.05) is 0 Å². The molecule has 0 bridgehead atoms. The van der Waals surface area contributed by atoms with Crippen LogP contribution in [0.15, 0.2) is 36.4 Å². The molecule has 0 amide bonds. The van der Waals surface area contributed by atoms with E-state index >= 15 is 0 Å². The zero-order valence-electron chi connectivity index (χ0n) is 11.9. The summed E-state index contributed by atoms with van der Waals surface area (Å²) in [5.74, 6) is -1.05. The van der Waals surface area contributed by atoms with Crippen LogP contribution in [0.4, 0.5) is 0 Å². The van der Waals surface area contributed by atoms with Crippen molar-refractivity contribution in [2.24, 2.45) is 0 Å². The molecule has 0 atom stereocenters. The summed E-state index contributed by atoms with van der Waals surface area (Å²) in [6.07, 6.45) is 0. The van der Waals surface area contributed by atoms with Crippen molar-refractivity contribution in [2.45, 2.75) is 0 Å². The number of phenols is 1. The van der Waals surface area contributed by atoms with Crippen LogP contribution in [0.1, 0.15) is 26.3 Å². The Kier molecular flexibility index (Phi) is 4.68. The van der Waals surface area contributed by atoms with E-state index < -0.39 is 11.8 Å². The number of carbonyl (C=O) groups excluding carboxylic acids is 2. The smallest absolute Gasteiger partial charge is 0.337 e. The summed E-state index contributed by atoms with van der Waals surface area (Å²) in [4.78, 5) is 24.2. The first kappa shape index (κ1) is 15.9. The predicted octanol–water partition coefficient (Wildman–Crippen LogP) is 3.07. The highest BCUT2D eigenvalue weighted by atomic mass is 35.5. The number of hydrogen-bond acceptors (Lipinski definition) is 5. The minimum absolute atomic E-state index is 0.0385. The second-order valence-corrected chi connectivity index (χ2v) is 4.83. The molecule has 0 fully saturated rings. The third-order valence-electron chi connectivity index (χ3n) is 3.07. The van der Waals surface area contributed by atoms with Crippen molar-refractivity contribution < 1.29 is 24.2 Å². The highest BCUT2D eigenvalue weighted by Gasteiger charge is 2.20. The monoisotopic (exact) mass is 320 g/mol. The topological polar surface area (TPSA) is 72.8 Å². The Labute approximate surface area is 132 Å². The first-order valence-electron chi connectivity index (χ1n) is 6.27. The maximum absolute atomic E-state index is 12.6. The van der Waals surface area contributed by atoms with E-state index in [2.05, 4.69) is 4.74 Å². The molecule has 0 saturated carbocycles. The minimum Gasteiger partial charge on any atom is -0.507 e. The van der Waals surface area contributed by atoms with Crippen LogP contribution in [0.2, 0.25) is 5.02 Å². The number of benzene rings is 2. The predicted molar refractivity (Wildman–Crippen MR) is 80.9 cm³/mol. The fraction of sp³-hybridized carbons (Fsp3) is 0.125. The van der Waals surface area contributed by atoms with Crippen LogP contribution in [-0.2, 0) is 4.74 Å². The van der Waals surface area contributed by atoms with Crippen molar-refractivity contribution in [1.29, 1.82) is 0 Å². The molecule has 0 saturated heterocycles. The van der Waals surface area contributed by atoms with Crippen molar-refractivity contribution in [1.82, 2.24) is 0 Å². The van der Waals surface area contributed by atoms with Crippen molar-refractivity contribution in [3.05, 3.63) is 58.1 Å². The number of carbonyl (C=O) groups is 2. The molecule has 0 aromatic heterocycles. The number of phenolic OH excluding ortho intramolecular Hbond substituents is 1. The number of rotatable bonds is 4. The Bertz CT molecular complexity index is 739. The summed E-state index contributed by atoms with van der Waals surface area (Å²) in [5.41, 5.74) is 0.306. The Morgan fingerprint density at radius 1 is 1.05 bits per heavy atom. The number of ketones is 1. The maximum atomic E-state index is 12.6. The van der Waals surface area contributed by atoms with E-state index in [9.17, 15) is 14.7 Å². The normalized spacial score (nSPS) is 10.1. The van der Waals surface area contributed by atoms with E-state index in [0.717, 1.165) is 0 Å². The largest absolute Gasteiger partial charge is 0.507 e. The van der Waals surface area contributed by atoms with E-state index in [4.69, 9.17) is 16.3 Å². The van der Waals surface area contributed by atoms with Crippen LogP contribution in [0.5, 0.6) is 11.5 Å². The fourth-order valence-corrected chi connectivity index (χ4v) is 2.14. The third kappa shape index (κ3) is 3.04. The molecule has 0 spiro atoms.